The molecule has 0 aliphatic heterocycles. The van der Waals surface area contributed by atoms with Gasteiger partial charge in [-0.05, 0) is 25.1 Å². The second-order valence-corrected chi connectivity index (χ2v) is 6.87. The van der Waals surface area contributed by atoms with Gasteiger partial charge in [0.2, 0.25) is 10.0 Å². The van der Waals surface area contributed by atoms with Crippen LogP contribution in [-0.4, -0.2) is 36.7 Å². The van der Waals surface area contributed by atoms with Crippen molar-refractivity contribution in [2.45, 2.75) is 17.4 Å². The Bertz CT molecular complexity index is 679. The number of rotatable bonds is 5. The predicted molar refractivity (Wildman–Crippen MR) is 72.3 cm³/mol. The van der Waals surface area contributed by atoms with Gasteiger partial charge in [-0.25, -0.2) is 17.9 Å². The van der Waals surface area contributed by atoms with Crippen molar-refractivity contribution < 1.29 is 23.4 Å². The minimum atomic E-state index is -4.04. The van der Waals surface area contributed by atoms with Gasteiger partial charge >= 0.3 is 5.97 Å². The molecule has 0 fully saturated rings. The molecule has 9 heteroatoms. The molecule has 0 aromatic heterocycles. The van der Waals surface area contributed by atoms with Crippen LogP contribution in [0.1, 0.15) is 12.5 Å². The Morgan fingerprint density at radius 1 is 1.50 bits per heavy atom. The first kappa shape index (κ1) is 16.6. The molecule has 20 heavy (non-hydrogen) atoms. The number of nitrogens with one attached hydrogen (secondary N) is 1. The van der Waals surface area contributed by atoms with E-state index in [1.54, 1.807) is 6.07 Å². The van der Waals surface area contributed by atoms with E-state index in [0.717, 1.165) is 13.0 Å². The molecule has 0 saturated carbocycles. The van der Waals surface area contributed by atoms with Crippen LogP contribution in [0.4, 0.5) is 0 Å². The normalized spacial score (nSPS) is 14.3. The third-order valence-electron chi connectivity index (χ3n) is 2.38. The standard InChI is InChI=1S/C11H11BrN2O5S/c1-11(17,10(15)16)6-14-20(18,19)9-3-7(5-13)2-8(12)4-9/h2-4,14,17H,6H2,1H3,(H,15,16). The fourth-order valence-corrected chi connectivity index (χ4v) is 3.02. The molecule has 1 atom stereocenters. The Kier molecular flexibility index (Phi) is 4.88. The molecular formula is C11H11BrN2O5S. The number of halogens is 1. The van der Waals surface area contributed by atoms with E-state index in [-0.39, 0.29) is 10.5 Å². The summed E-state index contributed by atoms with van der Waals surface area (Å²) in [5.74, 6) is -1.55. The number of nitriles is 1. The van der Waals surface area contributed by atoms with E-state index < -0.39 is 28.1 Å². The highest BCUT2D eigenvalue weighted by atomic mass is 79.9. The van der Waals surface area contributed by atoms with Crippen LogP contribution in [-0.2, 0) is 14.8 Å². The lowest BCUT2D eigenvalue weighted by Crippen LogP contribution is -2.46. The van der Waals surface area contributed by atoms with Crippen molar-refractivity contribution in [1.29, 1.82) is 5.26 Å². The predicted octanol–water partition coefficient (Wildman–Crippen LogP) is 0.435. The molecule has 0 spiro atoms. The number of hydrogen-bond acceptors (Lipinski definition) is 5. The van der Waals surface area contributed by atoms with Gasteiger partial charge in [-0.15, -0.1) is 0 Å². The number of carboxylic acids is 1. The van der Waals surface area contributed by atoms with Gasteiger partial charge in [-0.3, -0.25) is 0 Å². The summed E-state index contributed by atoms with van der Waals surface area (Å²) < 4.78 is 26.3. The molecule has 0 aliphatic carbocycles. The van der Waals surface area contributed by atoms with E-state index in [1.165, 1.54) is 12.1 Å². The van der Waals surface area contributed by atoms with Gasteiger partial charge in [-0.1, -0.05) is 15.9 Å². The maximum absolute atomic E-state index is 12.0. The maximum Gasteiger partial charge on any atom is 0.336 e. The van der Waals surface area contributed by atoms with Crippen molar-refractivity contribution in [2.24, 2.45) is 0 Å². The van der Waals surface area contributed by atoms with Crippen LogP contribution in [0.25, 0.3) is 0 Å². The Labute approximate surface area is 124 Å². The molecule has 3 N–H and O–H groups in total. The fourth-order valence-electron chi connectivity index (χ4n) is 1.18. The highest BCUT2D eigenvalue weighted by Crippen LogP contribution is 2.19. The first-order valence-electron chi connectivity index (χ1n) is 5.24. The summed E-state index contributed by atoms with van der Waals surface area (Å²) >= 11 is 3.07. The zero-order valence-electron chi connectivity index (χ0n) is 10.3. The molecule has 0 bridgehead atoms. The molecule has 1 aromatic carbocycles. The lowest BCUT2D eigenvalue weighted by atomic mass is 10.1. The number of aliphatic carboxylic acids is 1. The smallest absolute Gasteiger partial charge is 0.336 e. The van der Waals surface area contributed by atoms with E-state index in [2.05, 4.69) is 15.9 Å². The summed E-state index contributed by atoms with van der Waals surface area (Å²) in [5, 5.41) is 26.9. The molecule has 0 radical (unpaired) electrons. The molecular weight excluding hydrogens is 352 g/mol. The highest BCUT2D eigenvalue weighted by Gasteiger charge is 2.31. The van der Waals surface area contributed by atoms with Gasteiger partial charge in [0.15, 0.2) is 5.60 Å². The van der Waals surface area contributed by atoms with E-state index in [4.69, 9.17) is 10.4 Å². The van der Waals surface area contributed by atoms with Crippen LogP contribution >= 0.6 is 15.9 Å². The Morgan fingerprint density at radius 3 is 2.60 bits per heavy atom. The Balaban J connectivity index is 3.04. The molecule has 7 nitrogen and oxygen atoms in total. The average Bonchev–Trinajstić information content (AvgIpc) is 2.35. The third-order valence-corrected chi connectivity index (χ3v) is 4.22. The summed E-state index contributed by atoms with van der Waals surface area (Å²) in [7, 11) is -4.04. The molecule has 0 saturated heterocycles. The van der Waals surface area contributed by atoms with Crippen molar-refractivity contribution in [3.63, 3.8) is 0 Å². The van der Waals surface area contributed by atoms with E-state index in [9.17, 15) is 18.3 Å². The van der Waals surface area contributed by atoms with Gasteiger partial charge < -0.3 is 10.2 Å². The summed E-state index contributed by atoms with van der Waals surface area (Å²) in [6, 6.07) is 5.65. The summed E-state index contributed by atoms with van der Waals surface area (Å²) in [4.78, 5) is 10.5. The zero-order valence-corrected chi connectivity index (χ0v) is 12.7. The van der Waals surface area contributed by atoms with E-state index >= 15 is 0 Å². The molecule has 0 amide bonds. The fraction of sp³-hybridized carbons (Fsp3) is 0.273. The number of aliphatic hydroxyl groups is 1. The van der Waals surface area contributed by atoms with Crippen molar-refractivity contribution in [2.75, 3.05) is 6.54 Å². The second-order valence-electron chi connectivity index (χ2n) is 4.19. The minimum absolute atomic E-state index is 0.129. The van der Waals surface area contributed by atoms with Crippen LogP contribution in [0.5, 0.6) is 0 Å². The van der Waals surface area contributed by atoms with E-state index in [1.807, 2.05) is 4.72 Å². The van der Waals surface area contributed by atoms with Crippen LogP contribution in [0, 0.1) is 11.3 Å². The Hall–Kier alpha value is -1.47. The largest absolute Gasteiger partial charge is 0.479 e. The molecule has 108 valence electrons. The lowest BCUT2D eigenvalue weighted by molar-refractivity contribution is -0.155. The number of hydrogen-bond donors (Lipinski definition) is 3. The molecule has 1 unspecified atom stereocenters. The minimum Gasteiger partial charge on any atom is -0.479 e. The first-order valence-corrected chi connectivity index (χ1v) is 7.52. The number of nitrogens with zero attached hydrogens (tertiary/aromatic N) is 1. The third kappa shape index (κ3) is 4.01. The monoisotopic (exact) mass is 362 g/mol. The topological polar surface area (TPSA) is 127 Å². The van der Waals surface area contributed by atoms with Crippen molar-refractivity contribution in [1.82, 2.24) is 4.72 Å². The van der Waals surface area contributed by atoms with Gasteiger partial charge in [-0.2, -0.15) is 5.26 Å². The molecule has 0 aliphatic rings. The summed E-state index contributed by atoms with van der Waals surface area (Å²) in [6.07, 6.45) is 0. The van der Waals surface area contributed by atoms with Gasteiger partial charge in [0.05, 0.1) is 23.1 Å². The van der Waals surface area contributed by atoms with Crippen molar-refractivity contribution in [3.05, 3.63) is 28.2 Å². The molecule has 1 rings (SSSR count). The molecule has 1 aromatic rings. The van der Waals surface area contributed by atoms with Gasteiger partial charge in [0.25, 0.3) is 0 Å². The van der Waals surface area contributed by atoms with Crippen molar-refractivity contribution >= 4 is 31.9 Å². The number of sulfonamides is 1. The lowest BCUT2D eigenvalue weighted by Gasteiger charge is -2.18. The van der Waals surface area contributed by atoms with Crippen LogP contribution in [0.15, 0.2) is 27.6 Å². The number of benzene rings is 1. The maximum atomic E-state index is 12.0. The number of carbonyl (C=O) groups is 1. The SMILES string of the molecule is CC(O)(CNS(=O)(=O)c1cc(Br)cc(C#N)c1)C(=O)O. The summed E-state index contributed by atoms with van der Waals surface area (Å²) in [5.41, 5.74) is -2.10. The molecule has 0 heterocycles. The van der Waals surface area contributed by atoms with Crippen LogP contribution < -0.4 is 4.72 Å². The zero-order chi connectivity index (χ0) is 15.6. The highest BCUT2D eigenvalue weighted by molar-refractivity contribution is 9.10. The summed E-state index contributed by atoms with van der Waals surface area (Å²) in [6.45, 7) is 0.276. The Morgan fingerprint density at radius 2 is 2.10 bits per heavy atom. The second kappa shape index (κ2) is 5.88. The van der Waals surface area contributed by atoms with Gasteiger partial charge in [0, 0.05) is 4.47 Å². The van der Waals surface area contributed by atoms with Crippen LogP contribution in [0.3, 0.4) is 0 Å². The van der Waals surface area contributed by atoms with Gasteiger partial charge in [0.1, 0.15) is 0 Å². The number of carboxylic acid groups (broad SMARTS) is 1. The van der Waals surface area contributed by atoms with Crippen LogP contribution in [0.2, 0.25) is 0 Å². The van der Waals surface area contributed by atoms with E-state index in [0.29, 0.717) is 4.47 Å². The first-order chi connectivity index (χ1) is 9.08. The van der Waals surface area contributed by atoms with Crippen molar-refractivity contribution in [3.8, 4) is 6.07 Å². The average molecular weight is 363 g/mol. The quantitative estimate of drug-likeness (QED) is 0.696.